The highest BCUT2D eigenvalue weighted by Gasteiger charge is 2.33. The second kappa shape index (κ2) is 4.81. The van der Waals surface area contributed by atoms with Crippen molar-refractivity contribution >= 4 is 11.4 Å². The fraction of sp³-hybridized carbons (Fsp3) is 0.571. The van der Waals surface area contributed by atoms with Gasteiger partial charge in [0.1, 0.15) is 13.2 Å². The summed E-state index contributed by atoms with van der Waals surface area (Å²) in [6.45, 7) is 1.24. The molecule has 1 fully saturated rings. The Kier molecular flexibility index (Phi) is 3.14. The van der Waals surface area contributed by atoms with Gasteiger partial charge in [-0.25, -0.2) is 0 Å². The molecule has 1 aliphatic heterocycles. The molecule has 1 aromatic rings. The van der Waals surface area contributed by atoms with E-state index in [1.807, 2.05) is 6.07 Å². The Morgan fingerprint density at radius 3 is 2.42 bits per heavy atom. The third-order valence-electron chi connectivity index (χ3n) is 3.98. The molecule has 0 unspecified atom stereocenters. The number of ether oxygens (including phenoxy) is 2. The van der Waals surface area contributed by atoms with Crippen molar-refractivity contribution in [2.45, 2.75) is 31.2 Å². The molecule has 0 amide bonds. The SMILES string of the molecule is Nc1cc2c(cc1NC1(CO)CCCC1)OCCO2. The van der Waals surface area contributed by atoms with Crippen LogP contribution in [0.5, 0.6) is 11.5 Å². The number of benzene rings is 1. The van der Waals surface area contributed by atoms with Crippen molar-refractivity contribution < 1.29 is 14.6 Å². The van der Waals surface area contributed by atoms with Crippen LogP contribution < -0.4 is 20.5 Å². The molecule has 0 saturated heterocycles. The highest BCUT2D eigenvalue weighted by atomic mass is 16.6. The van der Waals surface area contributed by atoms with E-state index in [-0.39, 0.29) is 12.1 Å². The Bertz CT molecular complexity index is 470. The molecule has 0 atom stereocenters. The van der Waals surface area contributed by atoms with Crippen LogP contribution in [0.3, 0.4) is 0 Å². The summed E-state index contributed by atoms with van der Waals surface area (Å²) in [6, 6.07) is 3.66. The Balaban J connectivity index is 1.88. The summed E-state index contributed by atoms with van der Waals surface area (Å²) in [5, 5.41) is 13.1. The fourth-order valence-electron chi connectivity index (χ4n) is 2.87. The van der Waals surface area contributed by atoms with Crippen LogP contribution in [0.2, 0.25) is 0 Å². The van der Waals surface area contributed by atoms with E-state index in [0.29, 0.717) is 30.4 Å². The number of aliphatic hydroxyl groups excluding tert-OH is 1. The zero-order valence-electron chi connectivity index (χ0n) is 10.9. The van der Waals surface area contributed by atoms with Crippen molar-refractivity contribution in [1.82, 2.24) is 0 Å². The number of anilines is 2. The smallest absolute Gasteiger partial charge is 0.163 e. The Morgan fingerprint density at radius 2 is 1.79 bits per heavy atom. The molecule has 19 heavy (non-hydrogen) atoms. The van der Waals surface area contributed by atoms with Gasteiger partial charge in [-0.1, -0.05) is 12.8 Å². The van der Waals surface area contributed by atoms with E-state index in [9.17, 15) is 5.11 Å². The number of hydrogen-bond donors (Lipinski definition) is 3. The Hall–Kier alpha value is -1.62. The first-order chi connectivity index (χ1) is 9.22. The van der Waals surface area contributed by atoms with E-state index in [2.05, 4.69) is 5.32 Å². The van der Waals surface area contributed by atoms with Gasteiger partial charge in [0, 0.05) is 12.1 Å². The quantitative estimate of drug-likeness (QED) is 0.725. The summed E-state index contributed by atoms with van der Waals surface area (Å²) in [7, 11) is 0. The van der Waals surface area contributed by atoms with Crippen LogP contribution in [0.25, 0.3) is 0 Å². The number of nitrogens with two attached hydrogens (primary N) is 1. The van der Waals surface area contributed by atoms with Gasteiger partial charge in [0.25, 0.3) is 0 Å². The monoisotopic (exact) mass is 264 g/mol. The first kappa shape index (κ1) is 12.4. The van der Waals surface area contributed by atoms with Crippen LogP contribution in [0.1, 0.15) is 25.7 Å². The van der Waals surface area contributed by atoms with E-state index in [1.54, 1.807) is 6.07 Å². The van der Waals surface area contributed by atoms with Crippen LogP contribution in [-0.4, -0.2) is 30.5 Å². The van der Waals surface area contributed by atoms with Crippen molar-refractivity contribution in [2.24, 2.45) is 0 Å². The van der Waals surface area contributed by atoms with Gasteiger partial charge in [-0.2, -0.15) is 0 Å². The third kappa shape index (κ3) is 2.30. The van der Waals surface area contributed by atoms with Crippen LogP contribution in [0, 0.1) is 0 Å². The van der Waals surface area contributed by atoms with Crippen molar-refractivity contribution in [2.75, 3.05) is 30.9 Å². The molecule has 1 heterocycles. The largest absolute Gasteiger partial charge is 0.486 e. The lowest BCUT2D eigenvalue weighted by molar-refractivity contribution is 0.171. The average molecular weight is 264 g/mol. The summed E-state index contributed by atoms with van der Waals surface area (Å²) in [5.41, 5.74) is 7.27. The summed E-state index contributed by atoms with van der Waals surface area (Å²) in [6.07, 6.45) is 4.21. The highest BCUT2D eigenvalue weighted by Crippen LogP contribution is 2.40. The van der Waals surface area contributed by atoms with Gasteiger partial charge in [-0.3, -0.25) is 0 Å². The minimum absolute atomic E-state index is 0.126. The van der Waals surface area contributed by atoms with Crippen molar-refractivity contribution in [3.05, 3.63) is 12.1 Å². The molecule has 0 radical (unpaired) electrons. The molecule has 2 aliphatic rings. The minimum atomic E-state index is -0.238. The van der Waals surface area contributed by atoms with E-state index < -0.39 is 0 Å². The Labute approximate surface area is 112 Å². The molecule has 0 spiro atoms. The van der Waals surface area contributed by atoms with E-state index in [1.165, 1.54) is 0 Å². The van der Waals surface area contributed by atoms with Crippen LogP contribution in [-0.2, 0) is 0 Å². The number of nitrogens with one attached hydrogen (secondary N) is 1. The second-order valence-corrected chi connectivity index (χ2v) is 5.35. The van der Waals surface area contributed by atoms with Gasteiger partial charge in [-0.05, 0) is 12.8 Å². The molecule has 5 heteroatoms. The number of hydrogen-bond acceptors (Lipinski definition) is 5. The lowest BCUT2D eigenvalue weighted by atomic mass is 9.98. The maximum atomic E-state index is 9.65. The number of fused-ring (bicyclic) bond motifs is 1. The van der Waals surface area contributed by atoms with Crippen molar-refractivity contribution in [3.8, 4) is 11.5 Å². The predicted octanol–water partition coefficient (Wildman–Crippen LogP) is 1.76. The molecule has 5 nitrogen and oxygen atoms in total. The zero-order chi connectivity index (χ0) is 13.3. The highest BCUT2D eigenvalue weighted by molar-refractivity contribution is 5.73. The zero-order valence-corrected chi connectivity index (χ0v) is 10.9. The predicted molar refractivity (Wildman–Crippen MR) is 73.8 cm³/mol. The average Bonchev–Trinajstić information content (AvgIpc) is 2.89. The molecular formula is C14H20N2O3. The summed E-state index contributed by atoms with van der Waals surface area (Å²) in [4.78, 5) is 0. The lowest BCUT2D eigenvalue weighted by Crippen LogP contribution is -2.39. The first-order valence-electron chi connectivity index (χ1n) is 6.81. The minimum Gasteiger partial charge on any atom is -0.486 e. The second-order valence-electron chi connectivity index (χ2n) is 5.35. The molecule has 1 aliphatic carbocycles. The standard InChI is InChI=1S/C14H20N2O3/c15-10-7-12-13(19-6-5-18-12)8-11(10)16-14(9-17)3-1-2-4-14/h7-8,16-17H,1-6,9,15H2. The van der Waals surface area contributed by atoms with Gasteiger partial charge in [0.15, 0.2) is 11.5 Å². The van der Waals surface area contributed by atoms with Crippen LogP contribution in [0.4, 0.5) is 11.4 Å². The van der Waals surface area contributed by atoms with Gasteiger partial charge in [-0.15, -0.1) is 0 Å². The molecule has 104 valence electrons. The molecule has 1 saturated carbocycles. The normalized spacial score (nSPS) is 20.3. The maximum Gasteiger partial charge on any atom is 0.163 e. The molecular weight excluding hydrogens is 244 g/mol. The van der Waals surface area contributed by atoms with Gasteiger partial charge in [0.05, 0.1) is 23.5 Å². The molecule has 4 N–H and O–H groups in total. The van der Waals surface area contributed by atoms with Crippen LogP contribution in [0.15, 0.2) is 12.1 Å². The molecule has 0 bridgehead atoms. The summed E-state index contributed by atoms with van der Waals surface area (Å²) >= 11 is 0. The van der Waals surface area contributed by atoms with Gasteiger partial charge >= 0.3 is 0 Å². The van der Waals surface area contributed by atoms with Crippen molar-refractivity contribution in [3.63, 3.8) is 0 Å². The van der Waals surface area contributed by atoms with Crippen LogP contribution >= 0.6 is 0 Å². The topological polar surface area (TPSA) is 76.7 Å². The number of rotatable bonds is 3. The summed E-state index contributed by atoms with van der Waals surface area (Å²) < 4.78 is 11.1. The maximum absolute atomic E-state index is 9.65. The third-order valence-corrected chi connectivity index (χ3v) is 3.98. The molecule has 3 rings (SSSR count). The molecule has 1 aromatic carbocycles. The van der Waals surface area contributed by atoms with E-state index in [0.717, 1.165) is 31.4 Å². The summed E-state index contributed by atoms with van der Waals surface area (Å²) in [5.74, 6) is 1.41. The van der Waals surface area contributed by atoms with E-state index in [4.69, 9.17) is 15.2 Å². The van der Waals surface area contributed by atoms with Crippen molar-refractivity contribution in [1.29, 1.82) is 0 Å². The van der Waals surface area contributed by atoms with Gasteiger partial charge < -0.3 is 25.6 Å². The lowest BCUT2D eigenvalue weighted by Gasteiger charge is -2.30. The molecule has 0 aromatic heterocycles. The van der Waals surface area contributed by atoms with E-state index >= 15 is 0 Å². The van der Waals surface area contributed by atoms with Gasteiger partial charge in [0.2, 0.25) is 0 Å². The number of aliphatic hydroxyl groups is 1. The first-order valence-corrected chi connectivity index (χ1v) is 6.81. The Morgan fingerprint density at radius 1 is 1.16 bits per heavy atom. The number of nitrogen functional groups attached to an aromatic ring is 1. The fourth-order valence-corrected chi connectivity index (χ4v) is 2.87.